The lowest BCUT2D eigenvalue weighted by Crippen LogP contribution is -2.32. The van der Waals surface area contributed by atoms with Crippen molar-refractivity contribution >= 4 is 34.2 Å². The third kappa shape index (κ3) is 4.86. The van der Waals surface area contributed by atoms with Crippen molar-refractivity contribution in [2.45, 2.75) is 26.4 Å². The molecule has 0 aliphatic heterocycles. The first-order chi connectivity index (χ1) is 11.0. The number of benzene rings is 2. The fourth-order valence-corrected chi connectivity index (χ4v) is 2.77. The fraction of sp³-hybridized carbons (Fsp3) is 0.278. The van der Waals surface area contributed by atoms with Crippen LogP contribution in [-0.2, 0) is 4.79 Å². The molecule has 2 rings (SSSR count). The number of hydrogen-bond donors (Lipinski definition) is 1. The highest BCUT2D eigenvalue weighted by Crippen LogP contribution is 2.21. The minimum atomic E-state index is -0.540. The number of methoxy groups -OCH3 is 1. The maximum absolute atomic E-state index is 12.4. The summed E-state index contributed by atoms with van der Waals surface area (Å²) in [5.41, 5.74) is 1.84. The molecule has 0 saturated carbocycles. The summed E-state index contributed by atoms with van der Waals surface area (Å²) in [5.74, 6) is 1.25. The fourth-order valence-electron chi connectivity index (χ4n) is 2.12. The average Bonchev–Trinajstić information content (AvgIpc) is 2.55. The van der Waals surface area contributed by atoms with Gasteiger partial charge in [-0.25, -0.2) is 0 Å². The van der Waals surface area contributed by atoms with Gasteiger partial charge in [-0.15, -0.1) is 0 Å². The molecule has 0 radical (unpaired) electrons. The summed E-state index contributed by atoms with van der Waals surface area (Å²) in [7, 11) is 1.61. The van der Waals surface area contributed by atoms with Crippen molar-refractivity contribution in [3.63, 3.8) is 0 Å². The molecule has 0 aliphatic carbocycles. The Morgan fingerprint density at radius 2 is 1.83 bits per heavy atom. The van der Waals surface area contributed by atoms with Gasteiger partial charge in [-0.1, -0.05) is 6.92 Å². The molecule has 0 bridgehead atoms. The van der Waals surface area contributed by atoms with Crippen LogP contribution in [0.5, 0.6) is 11.5 Å². The number of carbonyl (C=O) groups is 1. The molecule has 2 aromatic rings. The quantitative estimate of drug-likeness (QED) is 0.698. The van der Waals surface area contributed by atoms with Crippen LogP contribution in [0.3, 0.4) is 0 Å². The number of aryl methyl sites for hydroxylation is 1. The molecule has 2 aromatic carbocycles. The number of hydrogen-bond acceptors (Lipinski definition) is 3. The zero-order valence-corrected chi connectivity index (χ0v) is 15.6. The van der Waals surface area contributed by atoms with E-state index in [1.54, 1.807) is 19.2 Å². The van der Waals surface area contributed by atoms with Crippen LogP contribution in [0.2, 0.25) is 0 Å². The third-order valence-electron chi connectivity index (χ3n) is 3.45. The summed E-state index contributed by atoms with van der Waals surface area (Å²) in [6.45, 7) is 3.90. The Bertz CT molecular complexity index is 670. The van der Waals surface area contributed by atoms with Gasteiger partial charge in [0.15, 0.2) is 6.10 Å². The van der Waals surface area contributed by atoms with Crippen LogP contribution in [0, 0.1) is 10.5 Å². The molecule has 5 heteroatoms. The molecule has 1 N–H and O–H groups in total. The molecule has 122 valence electrons. The second kappa shape index (κ2) is 8.19. The van der Waals surface area contributed by atoms with E-state index in [1.807, 2.05) is 44.2 Å². The SMILES string of the molecule is CC[C@@H](Oc1ccc(OC)cc1)C(=O)Nc1ccc(I)cc1C. The standard InChI is InChI=1S/C18H20INO3/c1-4-17(23-15-8-6-14(22-3)7-9-15)18(21)20-16-10-5-13(19)11-12(16)2/h5-11,17H,4H2,1-3H3,(H,20,21)/t17-/m1/s1. The van der Waals surface area contributed by atoms with Gasteiger partial charge < -0.3 is 14.8 Å². The Kier molecular flexibility index (Phi) is 6.27. The predicted molar refractivity (Wildman–Crippen MR) is 100 cm³/mol. The molecule has 0 unspecified atom stereocenters. The number of nitrogens with one attached hydrogen (secondary N) is 1. The highest BCUT2D eigenvalue weighted by molar-refractivity contribution is 14.1. The summed E-state index contributed by atoms with van der Waals surface area (Å²) < 4.78 is 12.0. The Morgan fingerprint density at radius 1 is 1.17 bits per heavy atom. The van der Waals surface area contributed by atoms with E-state index in [0.29, 0.717) is 12.2 Å². The number of rotatable bonds is 6. The lowest BCUT2D eigenvalue weighted by molar-refractivity contribution is -0.122. The zero-order valence-electron chi connectivity index (χ0n) is 13.4. The van der Waals surface area contributed by atoms with E-state index in [1.165, 1.54) is 0 Å². The van der Waals surface area contributed by atoms with Crippen molar-refractivity contribution in [1.29, 1.82) is 0 Å². The largest absolute Gasteiger partial charge is 0.497 e. The number of anilines is 1. The number of amides is 1. The van der Waals surface area contributed by atoms with Gasteiger partial charge in [-0.2, -0.15) is 0 Å². The summed E-state index contributed by atoms with van der Waals surface area (Å²) in [6.07, 6.45) is 0.0449. The first-order valence-corrected chi connectivity index (χ1v) is 8.49. The number of halogens is 1. The molecule has 0 spiro atoms. The van der Waals surface area contributed by atoms with Crippen LogP contribution in [0.1, 0.15) is 18.9 Å². The van der Waals surface area contributed by atoms with Gasteiger partial charge in [-0.05, 0) is 84.0 Å². The Balaban J connectivity index is 2.05. The summed E-state index contributed by atoms with van der Waals surface area (Å²) in [5, 5.41) is 2.94. The molecule has 0 saturated heterocycles. The maximum Gasteiger partial charge on any atom is 0.265 e. The smallest absolute Gasteiger partial charge is 0.265 e. The molecule has 1 atom stereocenters. The summed E-state index contributed by atoms with van der Waals surface area (Å²) in [6, 6.07) is 13.1. The van der Waals surface area contributed by atoms with Gasteiger partial charge in [0.1, 0.15) is 11.5 Å². The first-order valence-electron chi connectivity index (χ1n) is 7.41. The average molecular weight is 425 g/mol. The van der Waals surface area contributed by atoms with Crippen LogP contribution < -0.4 is 14.8 Å². The van der Waals surface area contributed by atoms with Crippen LogP contribution in [-0.4, -0.2) is 19.1 Å². The number of carbonyl (C=O) groups excluding carboxylic acids is 1. The second-order valence-electron chi connectivity index (χ2n) is 5.14. The van der Waals surface area contributed by atoms with Crippen molar-refractivity contribution < 1.29 is 14.3 Å². The molecule has 0 fully saturated rings. The third-order valence-corrected chi connectivity index (χ3v) is 4.12. The maximum atomic E-state index is 12.4. The normalized spacial score (nSPS) is 11.7. The number of ether oxygens (including phenoxy) is 2. The molecule has 23 heavy (non-hydrogen) atoms. The Morgan fingerprint density at radius 3 is 2.39 bits per heavy atom. The lowest BCUT2D eigenvalue weighted by Gasteiger charge is -2.18. The van der Waals surface area contributed by atoms with Gasteiger partial charge in [0.05, 0.1) is 7.11 Å². The van der Waals surface area contributed by atoms with Crippen molar-refractivity contribution in [2.75, 3.05) is 12.4 Å². The van der Waals surface area contributed by atoms with Crippen molar-refractivity contribution in [2.24, 2.45) is 0 Å². The van der Waals surface area contributed by atoms with Crippen molar-refractivity contribution in [3.05, 3.63) is 51.6 Å². The van der Waals surface area contributed by atoms with Gasteiger partial charge in [0, 0.05) is 9.26 Å². The van der Waals surface area contributed by atoms with E-state index >= 15 is 0 Å². The predicted octanol–water partition coefficient (Wildman–Crippen LogP) is 4.40. The Labute approximate surface area is 150 Å². The van der Waals surface area contributed by atoms with Crippen molar-refractivity contribution in [3.8, 4) is 11.5 Å². The molecule has 0 heterocycles. The van der Waals surface area contributed by atoms with E-state index in [-0.39, 0.29) is 5.91 Å². The monoisotopic (exact) mass is 425 g/mol. The van der Waals surface area contributed by atoms with Crippen molar-refractivity contribution in [1.82, 2.24) is 0 Å². The summed E-state index contributed by atoms with van der Waals surface area (Å²) >= 11 is 2.25. The van der Waals surface area contributed by atoms with E-state index in [9.17, 15) is 4.79 Å². The minimum absolute atomic E-state index is 0.146. The van der Waals surface area contributed by atoms with Crippen LogP contribution in [0.25, 0.3) is 0 Å². The van der Waals surface area contributed by atoms with Gasteiger partial charge >= 0.3 is 0 Å². The van der Waals surface area contributed by atoms with Gasteiger partial charge in [0.2, 0.25) is 0 Å². The molecular weight excluding hydrogens is 405 g/mol. The first kappa shape index (κ1) is 17.6. The van der Waals surface area contributed by atoms with E-state index in [0.717, 1.165) is 20.6 Å². The molecule has 0 aliphatic rings. The van der Waals surface area contributed by atoms with E-state index < -0.39 is 6.10 Å². The Hall–Kier alpha value is -1.76. The topological polar surface area (TPSA) is 47.6 Å². The van der Waals surface area contributed by atoms with Crippen LogP contribution in [0.4, 0.5) is 5.69 Å². The highest BCUT2D eigenvalue weighted by atomic mass is 127. The molecule has 0 aromatic heterocycles. The van der Waals surface area contributed by atoms with Gasteiger partial charge in [-0.3, -0.25) is 4.79 Å². The summed E-state index contributed by atoms with van der Waals surface area (Å²) in [4.78, 5) is 12.4. The molecular formula is C18H20INO3. The van der Waals surface area contributed by atoms with Crippen LogP contribution in [0.15, 0.2) is 42.5 Å². The molecule has 1 amide bonds. The van der Waals surface area contributed by atoms with Crippen LogP contribution >= 0.6 is 22.6 Å². The lowest BCUT2D eigenvalue weighted by atomic mass is 10.2. The van der Waals surface area contributed by atoms with E-state index in [4.69, 9.17) is 9.47 Å². The second-order valence-corrected chi connectivity index (χ2v) is 6.38. The van der Waals surface area contributed by atoms with Gasteiger partial charge in [0.25, 0.3) is 5.91 Å². The minimum Gasteiger partial charge on any atom is -0.497 e. The highest BCUT2D eigenvalue weighted by Gasteiger charge is 2.19. The zero-order chi connectivity index (χ0) is 16.8. The molecule has 4 nitrogen and oxygen atoms in total. The van der Waals surface area contributed by atoms with E-state index in [2.05, 4.69) is 27.9 Å².